The predicted molar refractivity (Wildman–Crippen MR) is 175 cm³/mol. The molecule has 0 unspecified atom stereocenters. The van der Waals surface area contributed by atoms with E-state index in [2.05, 4.69) is 5.32 Å². The highest BCUT2D eigenvalue weighted by molar-refractivity contribution is 5.82. The maximum atomic E-state index is 13.4. The van der Waals surface area contributed by atoms with Gasteiger partial charge in [-0.2, -0.15) is 0 Å². The van der Waals surface area contributed by atoms with Crippen LogP contribution in [0.25, 0.3) is 11.1 Å². The summed E-state index contributed by atoms with van der Waals surface area (Å²) in [6, 6.07) is 23.3. The molecule has 13 nitrogen and oxygen atoms in total. The first-order chi connectivity index (χ1) is 24.0. The minimum Gasteiger partial charge on any atom is -0.459 e. The van der Waals surface area contributed by atoms with Gasteiger partial charge >= 0.3 is 30.0 Å². The Morgan fingerprint density at radius 3 is 1.84 bits per heavy atom. The Kier molecular flexibility index (Phi) is 11.8. The summed E-state index contributed by atoms with van der Waals surface area (Å²) in [5.74, 6) is -3.26. The normalized spacial score (nSPS) is 21.5. The Morgan fingerprint density at radius 1 is 0.700 bits per heavy atom. The van der Waals surface area contributed by atoms with Crippen LogP contribution in [0, 0.1) is 0 Å². The Labute approximate surface area is 289 Å². The fourth-order valence-corrected chi connectivity index (χ4v) is 6.08. The van der Waals surface area contributed by atoms with Gasteiger partial charge in [-0.15, -0.1) is 0 Å². The summed E-state index contributed by atoms with van der Waals surface area (Å²) in [4.78, 5) is 62.6. The van der Waals surface area contributed by atoms with Crippen molar-refractivity contribution in [3.63, 3.8) is 0 Å². The van der Waals surface area contributed by atoms with Crippen LogP contribution in [0.15, 0.2) is 78.9 Å². The molecule has 0 aromatic heterocycles. The average Bonchev–Trinajstić information content (AvgIpc) is 3.41. The van der Waals surface area contributed by atoms with E-state index in [-0.39, 0.29) is 19.1 Å². The Hall–Kier alpha value is -5.27. The number of carbonyl (C=O) groups is 5. The number of rotatable bonds is 12. The highest BCUT2D eigenvalue weighted by Crippen LogP contribution is 2.44. The van der Waals surface area contributed by atoms with Crippen molar-refractivity contribution in [2.45, 2.75) is 77.0 Å². The topological polar surface area (TPSA) is 162 Å². The second kappa shape index (κ2) is 16.4. The molecule has 5 rings (SSSR count). The van der Waals surface area contributed by atoms with Crippen LogP contribution in [0.5, 0.6) is 0 Å². The third-order valence-corrected chi connectivity index (χ3v) is 8.20. The van der Waals surface area contributed by atoms with Crippen LogP contribution >= 0.6 is 0 Å². The predicted octanol–water partition coefficient (Wildman–Crippen LogP) is 4.19. The lowest BCUT2D eigenvalue weighted by Gasteiger charge is -2.43. The molecular weight excluding hydrogens is 650 g/mol. The number of hydrogen-bond donors (Lipinski definition) is 1. The van der Waals surface area contributed by atoms with Crippen LogP contribution in [-0.4, -0.2) is 79.9 Å². The highest BCUT2D eigenvalue weighted by Gasteiger charge is 2.51. The third-order valence-electron chi connectivity index (χ3n) is 8.20. The molecule has 1 aliphatic heterocycles. The molecule has 1 fully saturated rings. The molecule has 1 heterocycles. The van der Waals surface area contributed by atoms with Crippen LogP contribution in [0.3, 0.4) is 0 Å². The maximum absolute atomic E-state index is 13.4. The number of esters is 4. The van der Waals surface area contributed by atoms with Gasteiger partial charge in [0.15, 0.2) is 30.6 Å². The molecule has 3 aromatic rings. The average molecular weight is 690 g/mol. The van der Waals surface area contributed by atoms with Gasteiger partial charge in [0.05, 0.1) is 12.7 Å². The summed E-state index contributed by atoms with van der Waals surface area (Å²) in [5.41, 5.74) is 4.85. The summed E-state index contributed by atoms with van der Waals surface area (Å²) in [7, 11) is 0. The van der Waals surface area contributed by atoms with Crippen molar-refractivity contribution in [2.75, 3.05) is 13.2 Å². The largest absolute Gasteiger partial charge is 0.459 e. The zero-order valence-electron chi connectivity index (χ0n) is 28.1. The van der Waals surface area contributed by atoms with Crippen LogP contribution < -0.4 is 5.32 Å². The Morgan fingerprint density at radius 2 is 1.24 bits per heavy atom. The zero-order valence-corrected chi connectivity index (χ0v) is 28.1. The zero-order chi connectivity index (χ0) is 35.8. The molecule has 6 atom stereocenters. The SMILES string of the molecule is CC(=O)O[C@@H]1[C@@H](OC(C)=O)[C@H](C)O[C@@H](OC[C@H](NC(=O)OCC2c3ccccc3-c3ccccc32)C(=O)OCc2ccccc2)[C@@H]1OC(C)=O. The van der Waals surface area contributed by atoms with Gasteiger partial charge in [-0.1, -0.05) is 78.9 Å². The number of ether oxygens (including phenoxy) is 7. The van der Waals surface area contributed by atoms with Gasteiger partial charge in [-0.3, -0.25) is 14.4 Å². The molecule has 1 aliphatic carbocycles. The van der Waals surface area contributed by atoms with Crippen LogP contribution in [0.1, 0.15) is 50.3 Å². The number of carbonyl (C=O) groups excluding carboxylic acids is 5. The first-order valence-corrected chi connectivity index (χ1v) is 16.1. The molecule has 13 heteroatoms. The van der Waals surface area contributed by atoms with Gasteiger partial charge in [0.2, 0.25) is 0 Å². The van der Waals surface area contributed by atoms with E-state index in [9.17, 15) is 24.0 Å². The molecule has 0 saturated carbocycles. The fraction of sp³-hybridized carbons (Fsp3) is 0.378. The minimum absolute atomic E-state index is 0.00806. The van der Waals surface area contributed by atoms with E-state index >= 15 is 0 Å². The molecule has 1 N–H and O–H groups in total. The van der Waals surface area contributed by atoms with Crippen molar-refractivity contribution in [1.29, 1.82) is 0 Å². The van der Waals surface area contributed by atoms with Crippen molar-refractivity contribution >= 4 is 30.0 Å². The van der Waals surface area contributed by atoms with Crippen molar-refractivity contribution in [1.82, 2.24) is 5.32 Å². The van der Waals surface area contributed by atoms with E-state index in [1.165, 1.54) is 6.92 Å². The second-order valence-corrected chi connectivity index (χ2v) is 11.9. The monoisotopic (exact) mass is 689 g/mol. The van der Waals surface area contributed by atoms with Crippen molar-refractivity contribution < 1.29 is 57.1 Å². The smallest absolute Gasteiger partial charge is 0.407 e. The second-order valence-electron chi connectivity index (χ2n) is 11.9. The van der Waals surface area contributed by atoms with Crippen LogP contribution in [-0.2, 0) is 58.9 Å². The van der Waals surface area contributed by atoms with E-state index in [1.54, 1.807) is 31.2 Å². The first-order valence-electron chi connectivity index (χ1n) is 16.1. The lowest BCUT2D eigenvalue weighted by molar-refractivity contribution is -0.301. The Bertz CT molecular complexity index is 1650. The van der Waals surface area contributed by atoms with Gasteiger partial charge < -0.3 is 38.5 Å². The molecule has 1 saturated heterocycles. The van der Waals surface area contributed by atoms with E-state index in [4.69, 9.17) is 33.2 Å². The van der Waals surface area contributed by atoms with E-state index in [0.29, 0.717) is 5.56 Å². The van der Waals surface area contributed by atoms with Crippen molar-refractivity contribution in [3.05, 3.63) is 95.6 Å². The van der Waals surface area contributed by atoms with Gasteiger partial charge in [-0.05, 0) is 34.7 Å². The summed E-state index contributed by atoms with van der Waals surface area (Å²) < 4.78 is 39.2. The van der Waals surface area contributed by atoms with E-state index < -0.39 is 73.3 Å². The van der Waals surface area contributed by atoms with Gasteiger partial charge in [0.25, 0.3) is 0 Å². The van der Waals surface area contributed by atoms with Crippen molar-refractivity contribution in [3.8, 4) is 11.1 Å². The lowest BCUT2D eigenvalue weighted by atomic mass is 9.98. The first kappa shape index (κ1) is 36.0. The molecule has 2 aliphatic rings. The van der Waals surface area contributed by atoms with Crippen LogP contribution in [0.2, 0.25) is 0 Å². The molecule has 264 valence electrons. The molecule has 0 radical (unpaired) electrons. The van der Waals surface area contributed by atoms with E-state index in [0.717, 1.165) is 36.1 Å². The summed E-state index contributed by atoms with van der Waals surface area (Å²) in [6.45, 7) is 4.36. The summed E-state index contributed by atoms with van der Waals surface area (Å²) >= 11 is 0. The van der Waals surface area contributed by atoms with Gasteiger partial charge in [0, 0.05) is 26.7 Å². The highest BCUT2D eigenvalue weighted by atomic mass is 16.7. The third kappa shape index (κ3) is 8.84. The number of benzene rings is 3. The van der Waals surface area contributed by atoms with Gasteiger partial charge in [0.1, 0.15) is 13.2 Å². The number of nitrogens with one attached hydrogen (secondary N) is 1. The minimum atomic E-state index is -1.42. The van der Waals surface area contributed by atoms with Crippen molar-refractivity contribution in [2.24, 2.45) is 0 Å². The standard InChI is InChI=1S/C37H39NO12/c1-21-32(48-22(2)39)33(49-23(3)40)34(50-24(4)41)36(47-21)45-20-31(35(42)44-18-25-12-6-5-7-13-25)38-37(43)46-19-30-28-16-10-8-14-26(28)27-15-9-11-17-29(27)30/h5-17,21,30-34,36H,18-20H2,1-4H3,(H,38,43)/t21-,31-,32-,33+,34+,36+/m0/s1. The molecule has 50 heavy (non-hydrogen) atoms. The fourth-order valence-electron chi connectivity index (χ4n) is 6.08. The molecule has 0 spiro atoms. The van der Waals surface area contributed by atoms with E-state index in [1.807, 2.05) is 54.6 Å². The molecule has 1 amide bonds. The maximum Gasteiger partial charge on any atom is 0.407 e. The number of alkyl carbamates (subject to hydrolysis) is 1. The number of fused-ring (bicyclic) bond motifs is 3. The van der Waals surface area contributed by atoms with Crippen LogP contribution in [0.4, 0.5) is 4.79 Å². The lowest BCUT2D eigenvalue weighted by Crippen LogP contribution is -2.61. The molecular formula is C37H39NO12. The number of hydrogen-bond acceptors (Lipinski definition) is 12. The summed E-state index contributed by atoms with van der Waals surface area (Å²) in [6.07, 6.45) is -7.09. The quantitative estimate of drug-likeness (QED) is 0.214. The number of amides is 1. The molecule has 3 aromatic carbocycles. The van der Waals surface area contributed by atoms with Gasteiger partial charge in [-0.25, -0.2) is 9.59 Å². The molecule has 0 bridgehead atoms. The Balaban J connectivity index is 1.32. The summed E-state index contributed by atoms with van der Waals surface area (Å²) in [5, 5.41) is 2.53.